The van der Waals surface area contributed by atoms with Crippen molar-refractivity contribution < 1.29 is 13.9 Å². The molecule has 18 heavy (non-hydrogen) atoms. The SMILES string of the molecule is CCOC(=O)CC(C)Sc1nc2ccccc2o1. The fourth-order valence-corrected chi connectivity index (χ4v) is 2.42. The first-order valence-electron chi connectivity index (χ1n) is 5.87. The highest BCUT2D eigenvalue weighted by molar-refractivity contribution is 7.99. The zero-order chi connectivity index (χ0) is 13.0. The molecule has 0 N–H and O–H groups in total. The molecule has 0 amide bonds. The predicted octanol–water partition coefficient (Wildman–Crippen LogP) is 3.26. The second-order valence-electron chi connectivity index (χ2n) is 3.89. The number of ether oxygens (including phenoxy) is 1. The molecule has 0 fully saturated rings. The lowest BCUT2D eigenvalue weighted by molar-refractivity contribution is -0.142. The van der Waals surface area contributed by atoms with Gasteiger partial charge in [-0.2, -0.15) is 0 Å². The third-order valence-corrected chi connectivity index (χ3v) is 3.28. The molecule has 1 aromatic carbocycles. The normalized spacial score (nSPS) is 12.6. The van der Waals surface area contributed by atoms with Crippen LogP contribution in [0, 0.1) is 0 Å². The lowest BCUT2D eigenvalue weighted by atomic mass is 10.3. The quantitative estimate of drug-likeness (QED) is 0.613. The summed E-state index contributed by atoms with van der Waals surface area (Å²) < 4.78 is 10.5. The number of hydrogen-bond donors (Lipinski definition) is 0. The Labute approximate surface area is 110 Å². The molecule has 5 heteroatoms. The first-order valence-corrected chi connectivity index (χ1v) is 6.75. The smallest absolute Gasteiger partial charge is 0.306 e. The summed E-state index contributed by atoms with van der Waals surface area (Å²) >= 11 is 1.44. The van der Waals surface area contributed by atoms with Gasteiger partial charge < -0.3 is 9.15 Å². The van der Waals surface area contributed by atoms with Crippen molar-refractivity contribution in [3.8, 4) is 0 Å². The maximum atomic E-state index is 11.3. The largest absolute Gasteiger partial charge is 0.466 e. The van der Waals surface area contributed by atoms with E-state index >= 15 is 0 Å². The maximum absolute atomic E-state index is 11.3. The van der Waals surface area contributed by atoms with Crippen molar-refractivity contribution in [1.82, 2.24) is 4.98 Å². The van der Waals surface area contributed by atoms with Gasteiger partial charge in [-0.3, -0.25) is 4.79 Å². The van der Waals surface area contributed by atoms with Gasteiger partial charge in [0.05, 0.1) is 13.0 Å². The van der Waals surface area contributed by atoms with Gasteiger partial charge in [0.25, 0.3) is 5.22 Å². The number of oxazole rings is 1. The summed E-state index contributed by atoms with van der Waals surface area (Å²) in [6, 6.07) is 7.60. The van der Waals surface area contributed by atoms with E-state index in [4.69, 9.17) is 9.15 Å². The summed E-state index contributed by atoms with van der Waals surface area (Å²) in [7, 11) is 0. The Morgan fingerprint density at radius 1 is 1.50 bits per heavy atom. The fourth-order valence-electron chi connectivity index (χ4n) is 1.57. The van der Waals surface area contributed by atoms with E-state index in [1.807, 2.05) is 31.2 Å². The minimum atomic E-state index is -0.186. The van der Waals surface area contributed by atoms with Crippen LogP contribution in [0.2, 0.25) is 0 Å². The molecule has 1 atom stereocenters. The van der Waals surface area contributed by atoms with Gasteiger partial charge >= 0.3 is 5.97 Å². The van der Waals surface area contributed by atoms with E-state index in [0.717, 1.165) is 11.1 Å². The number of aromatic nitrogens is 1. The molecule has 0 saturated carbocycles. The number of carbonyl (C=O) groups is 1. The van der Waals surface area contributed by atoms with Gasteiger partial charge in [0, 0.05) is 5.25 Å². The lowest BCUT2D eigenvalue weighted by Crippen LogP contribution is -2.10. The molecule has 1 unspecified atom stereocenters. The molecular weight excluding hydrogens is 250 g/mol. The first kappa shape index (κ1) is 13.0. The van der Waals surface area contributed by atoms with Crippen molar-refractivity contribution in [2.75, 3.05) is 6.61 Å². The first-order chi connectivity index (χ1) is 8.69. The average Bonchev–Trinajstić information content (AvgIpc) is 2.70. The van der Waals surface area contributed by atoms with Crippen LogP contribution in [0.4, 0.5) is 0 Å². The molecule has 0 aliphatic carbocycles. The number of rotatable bonds is 5. The van der Waals surface area contributed by atoms with E-state index in [0.29, 0.717) is 18.3 Å². The molecule has 1 heterocycles. The molecule has 0 aliphatic heterocycles. The summed E-state index contributed by atoms with van der Waals surface area (Å²) in [5.74, 6) is -0.186. The Hall–Kier alpha value is -1.49. The van der Waals surface area contributed by atoms with Crippen molar-refractivity contribution in [2.45, 2.75) is 30.7 Å². The Bertz CT molecular complexity index is 505. The number of esters is 1. The Kier molecular flexibility index (Phi) is 4.25. The summed E-state index contributed by atoms with van der Waals surface area (Å²) in [4.78, 5) is 15.7. The number of benzene rings is 1. The summed E-state index contributed by atoms with van der Waals surface area (Å²) in [5.41, 5.74) is 1.60. The van der Waals surface area contributed by atoms with Crippen molar-refractivity contribution >= 4 is 28.8 Å². The van der Waals surface area contributed by atoms with Crippen molar-refractivity contribution in [1.29, 1.82) is 0 Å². The minimum absolute atomic E-state index is 0.0807. The molecule has 0 bridgehead atoms. The van der Waals surface area contributed by atoms with Crippen LogP contribution in [0.15, 0.2) is 33.9 Å². The van der Waals surface area contributed by atoms with Crippen LogP contribution in [0.5, 0.6) is 0 Å². The number of carbonyl (C=O) groups excluding carboxylic acids is 1. The van der Waals surface area contributed by atoms with Crippen molar-refractivity contribution in [3.63, 3.8) is 0 Å². The fraction of sp³-hybridized carbons (Fsp3) is 0.385. The summed E-state index contributed by atoms with van der Waals surface area (Å²) in [6.07, 6.45) is 0.358. The third-order valence-electron chi connectivity index (χ3n) is 2.34. The number of thioether (sulfide) groups is 1. The van der Waals surface area contributed by atoms with Crippen LogP contribution < -0.4 is 0 Å². The zero-order valence-electron chi connectivity index (χ0n) is 10.4. The second-order valence-corrected chi connectivity index (χ2v) is 5.27. The third kappa shape index (κ3) is 3.26. The summed E-state index contributed by atoms with van der Waals surface area (Å²) in [6.45, 7) is 4.17. The molecule has 0 spiro atoms. The van der Waals surface area contributed by atoms with Gasteiger partial charge in [-0.05, 0) is 19.1 Å². The van der Waals surface area contributed by atoms with Gasteiger partial charge in [0.1, 0.15) is 5.52 Å². The number of hydrogen-bond acceptors (Lipinski definition) is 5. The molecule has 2 rings (SSSR count). The number of para-hydroxylation sites is 2. The van der Waals surface area contributed by atoms with Crippen LogP contribution in [-0.2, 0) is 9.53 Å². The second kappa shape index (κ2) is 5.91. The highest BCUT2D eigenvalue weighted by Gasteiger charge is 2.14. The molecule has 0 saturated heterocycles. The number of nitrogens with zero attached hydrogens (tertiary/aromatic N) is 1. The molecule has 2 aromatic rings. The monoisotopic (exact) mass is 265 g/mol. The van der Waals surface area contributed by atoms with Gasteiger partial charge in [-0.25, -0.2) is 4.98 Å². The van der Waals surface area contributed by atoms with Gasteiger partial charge in [-0.1, -0.05) is 30.8 Å². The Balaban J connectivity index is 1.98. The van der Waals surface area contributed by atoms with Crippen molar-refractivity contribution in [2.24, 2.45) is 0 Å². The van der Waals surface area contributed by atoms with Crippen LogP contribution in [0.1, 0.15) is 20.3 Å². The van der Waals surface area contributed by atoms with Gasteiger partial charge in [0.15, 0.2) is 5.58 Å². The average molecular weight is 265 g/mol. The molecule has 0 radical (unpaired) electrons. The Morgan fingerprint density at radius 3 is 3.00 bits per heavy atom. The zero-order valence-corrected chi connectivity index (χ0v) is 11.2. The standard InChI is InChI=1S/C13H15NO3S/c1-3-16-12(15)8-9(2)18-13-14-10-6-4-5-7-11(10)17-13/h4-7,9H,3,8H2,1-2H3. The lowest BCUT2D eigenvalue weighted by Gasteiger charge is -2.07. The predicted molar refractivity (Wildman–Crippen MR) is 70.6 cm³/mol. The van der Waals surface area contributed by atoms with Crippen LogP contribution in [0.25, 0.3) is 11.1 Å². The topological polar surface area (TPSA) is 52.3 Å². The maximum Gasteiger partial charge on any atom is 0.306 e. The van der Waals surface area contributed by atoms with E-state index in [1.165, 1.54) is 11.8 Å². The van der Waals surface area contributed by atoms with Crippen molar-refractivity contribution in [3.05, 3.63) is 24.3 Å². The van der Waals surface area contributed by atoms with E-state index in [1.54, 1.807) is 6.92 Å². The molecule has 0 aliphatic rings. The molecular formula is C13H15NO3S. The van der Waals surface area contributed by atoms with E-state index in [2.05, 4.69) is 4.98 Å². The van der Waals surface area contributed by atoms with E-state index in [9.17, 15) is 4.79 Å². The van der Waals surface area contributed by atoms with Crippen LogP contribution >= 0.6 is 11.8 Å². The molecule has 4 nitrogen and oxygen atoms in total. The minimum Gasteiger partial charge on any atom is -0.466 e. The Morgan fingerprint density at radius 2 is 2.28 bits per heavy atom. The number of fused-ring (bicyclic) bond motifs is 1. The van der Waals surface area contributed by atoms with Crippen LogP contribution in [0.3, 0.4) is 0 Å². The van der Waals surface area contributed by atoms with E-state index in [-0.39, 0.29) is 11.2 Å². The highest BCUT2D eigenvalue weighted by atomic mass is 32.2. The van der Waals surface area contributed by atoms with Gasteiger partial charge in [-0.15, -0.1) is 0 Å². The summed E-state index contributed by atoms with van der Waals surface area (Å²) in [5, 5.41) is 0.671. The van der Waals surface area contributed by atoms with Gasteiger partial charge in [0.2, 0.25) is 0 Å². The highest BCUT2D eigenvalue weighted by Crippen LogP contribution is 2.27. The van der Waals surface area contributed by atoms with Crippen LogP contribution in [-0.4, -0.2) is 22.8 Å². The van der Waals surface area contributed by atoms with E-state index < -0.39 is 0 Å². The molecule has 1 aromatic heterocycles. The molecule has 96 valence electrons.